The Balaban J connectivity index is 0.000000148. The van der Waals surface area contributed by atoms with Crippen LogP contribution in [0.2, 0.25) is 0 Å². The maximum atomic E-state index is 13.0. The molecule has 0 aliphatic heterocycles. The second-order valence-electron chi connectivity index (χ2n) is 20.0. The van der Waals surface area contributed by atoms with Crippen molar-refractivity contribution >= 4 is 81.7 Å². The van der Waals surface area contributed by atoms with Crippen molar-refractivity contribution in [3.8, 4) is 33.8 Å². The lowest BCUT2D eigenvalue weighted by molar-refractivity contribution is -0.114. The predicted octanol–water partition coefficient (Wildman–Crippen LogP) is 8.28. The number of nitrogens with zero attached hydrogens (tertiary/aromatic N) is 9. The fourth-order valence-corrected chi connectivity index (χ4v) is 10.8. The van der Waals surface area contributed by atoms with Gasteiger partial charge in [0.2, 0.25) is 36.0 Å². The molecule has 0 radical (unpaired) electrons. The second kappa shape index (κ2) is 26.6. The molecule has 6 heterocycles. The van der Waals surface area contributed by atoms with Crippen LogP contribution in [0, 0.1) is 5.82 Å². The Morgan fingerprint density at radius 2 is 0.865 bits per heavy atom. The number of aliphatic hydroxyl groups excluding tert-OH is 1. The van der Waals surface area contributed by atoms with Crippen molar-refractivity contribution in [3.63, 3.8) is 0 Å². The first-order valence-corrected chi connectivity index (χ1v) is 32.0. The van der Waals surface area contributed by atoms with Gasteiger partial charge in [0, 0.05) is 91.8 Å². The van der Waals surface area contributed by atoms with E-state index in [4.69, 9.17) is 10.3 Å². The number of hydrogen-bond donors (Lipinski definition) is 8. The summed E-state index contributed by atoms with van der Waals surface area (Å²) in [7, 11) is -10.8. The minimum Gasteiger partial charge on any atom is -0.392 e. The van der Waals surface area contributed by atoms with E-state index < -0.39 is 30.1 Å². The number of carbonyl (C=O) groups excluding carboxylic acids is 1. The van der Waals surface area contributed by atoms with Crippen LogP contribution < -0.4 is 36.3 Å². The quantitative estimate of drug-likeness (QED) is 0.0400. The molecule has 24 nitrogen and oxygen atoms in total. The number of aromatic nitrogens is 9. The van der Waals surface area contributed by atoms with Gasteiger partial charge in [-0.15, -0.1) is 0 Å². The Morgan fingerprint density at radius 3 is 1.25 bits per heavy atom. The summed E-state index contributed by atoms with van der Waals surface area (Å²) in [6.45, 7) is 2.84. The summed E-state index contributed by atoms with van der Waals surface area (Å²) < 4.78 is 89.8. The van der Waals surface area contributed by atoms with Gasteiger partial charge in [0.25, 0.3) is 0 Å². The highest BCUT2D eigenvalue weighted by molar-refractivity contribution is 7.92. The van der Waals surface area contributed by atoms with Gasteiger partial charge in [0.15, 0.2) is 34.4 Å². The smallest absolute Gasteiger partial charge is 0.238 e. The van der Waals surface area contributed by atoms with Crippen LogP contribution in [0.25, 0.3) is 50.7 Å². The van der Waals surface area contributed by atoms with Gasteiger partial charge in [-0.2, -0.15) is 0 Å². The molecule has 0 fully saturated rings. The number of benzene rings is 6. The normalized spacial score (nSPS) is 11.5. The van der Waals surface area contributed by atoms with E-state index in [2.05, 4.69) is 55.9 Å². The number of primary sulfonamides is 2. The average Bonchev–Trinajstić information content (AvgIpc) is 2.99. The molecule has 89 heavy (non-hydrogen) atoms. The molecule has 0 aliphatic rings. The van der Waals surface area contributed by atoms with Crippen molar-refractivity contribution < 1.29 is 39.5 Å². The van der Waals surface area contributed by atoms with Crippen LogP contribution in [-0.4, -0.2) is 85.6 Å². The highest BCUT2D eigenvalue weighted by Gasteiger charge is 2.16. The molecule has 10 N–H and O–H groups in total. The fraction of sp³-hybridized carbons (Fsp3) is 0.0984. The van der Waals surface area contributed by atoms with Crippen molar-refractivity contribution in [1.29, 1.82) is 0 Å². The topological polar surface area (TPSA) is 342 Å². The molecule has 0 saturated carbocycles. The van der Waals surface area contributed by atoms with E-state index in [-0.39, 0.29) is 28.1 Å². The number of anilines is 5. The summed E-state index contributed by atoms with van der Waals surface area (Å²) >= 11 is 0. The standard InChI is InChI=1S/C21H20N6O3S.C20H17FN4O.C20H20N6O4S2/c1-14(28)26-17-4-2-3-16(11-17)19-13-25-21-20(23-9-10-27(19)21)24-12-15-5-7-18(8-6-15)31(22,29)30;21-17-7-3-14(4-8-17)11-23-19-20-24-12-18(25(20)10-9-22-19)16-5-1-15(13-26)2-6-16;1-31(27,28)25-16-4-2-3-15(11-16)18-13-24-20-19(22-9-10-26(18)20)23-12-14-5-7-17(8-6-14)32(21,29)30/h2-11,13H,12H2,1H3,(H,23,24)(H,26,28)(H2,22,29,30);1-10,12,26H,11,13H2,(H,22,23);2-11,13,25H,12H2,1H3,(H,22,23)(H2,21,29,30). The first-order valence-electron chi connectivity index (χ1n) is 27.0. The first kappa shape index (κ1) is 61.6. The summed E-state index contributed by atoms with van der Waals surface area (Å²) in [6, 6.07) is 41.1. The van der Waals surface area contributed by atoms with Crippen molar-refractivity contribution in [3.05, 3.63) is 229 Å². The second-order valence-corrected chi connectivity index (χ2v) is 24.8. The Labute approximate surface area is 510 Å². The monoisotopic (exact) mass is 1260 g/mol. The molecule has 6 aromatic heterocycles. The Morgan fingerprint density at radius 1 is 0.494 bits per heavy atom. The zero-order chi connectivity index (χ0) is 62.9. The van der Waals surface area contributed by atoms with Crippen LogP contribution in [0.15, 0.2) is 211 Å². The van der Waals surface area contributed by atoms with E-state index in [1.807, 2.05) is 80.2 Å². The number of nitrogens with one attached hydrogen (secondary N) is 5. The number of halogens is 1. The van der Waals surface area contributed by atoms with E-state index in [0.29, 0.717) is 59.8 Å². The minimum atomic E-state index is -3.74. The van der Waals surface area contributed by atoms with Crippen molar-refractivity contribution in [2.45, 2.75) is 43.0 Å². The average molecular weight is 1260 g/mol. The number of carbonyl (C=O) groups is 1. The highest BCUT2D eigenvalue weighted by Crippen LogP contribution is 2.29. The third-order valence-electron chi connectivity index (χ3n) is 13.5. The summed E-state index contributed by atoms with van der Waals surface area (Å²) in [5.41, 5.74) is 11.9. The van der Waals surface area contributed by atoms with Gasteiger partial charge < -0.3 is 26.4 Å². The molecule has 0 aliphatic carbocycles. The van der Waals surface area contributed by atoms with E-state index in [1.165, 1.54) is 43.3 Å². The molecule has 0 unspecified atom stereocenters. The maximum absolute atomic E-state index is 13.0. The molecular weight excluding hydrogens is 1200 g/mol. The number of imidazole rings is 3. The Hall–Kier alpha value is -10.5. The SMILES string of the molecule is CC(=O)Nc1cccc(-c2cnc3c(NCc4ccc(S(N)(=O)=O)cc4)nccn23)c1.CS(=O)(=O)Nc1cccc(-c2cnc3c(NCc4ccc(S(N)(=O)=O)cc4)nccn23)c1.OCc1ccc(-c2cnc3c(NCc4ccc(F)cc4)nccn23)cc1. The predicted molar refractivity (Wildman–Crippen MR) is 338 cm³/mol. The molecule has 0 bridgehead atoms. The zero-order valence-corrected chi connectivity index (χ0v) is 49.9. The number of fused-ring (bicyclic) bond motifs is 3. The summed E-state index contributed by atoms with van der Waals surface area (Å²) in [4.78, 5) is 38.0. The lowest BCUT2D eigenvalue weighted by Gasteiger charge is -2.09. The third-order valence-corrected chi connectivity index (χ3v) is 15.9. The van der Waals surface area contributed by atoms with Crippen molar-refractivity contribution in [1.82, 2.24) is 43.1 Å². The largest absolute Gasteiger partial charge is 0.392 e. The van der Waals surface area contributed by atoms with Crippen LogP contribution in [0.3, 0.4) is 0 Å². The highest BCUT2D eigenvalue weighted by atomic mass is 32.2. The lowest BCUT2D eigenvalue weighted by atomic mass is 10.1. The van der Waals surface area contributed by atoms with Crippen LogP contribution in [0.5, 0.6) is 0 Å². The van der Waals surface area contributed by atoms with Crippen molar-refractivity contribution in [2.75, 3.05) is 32.2 Å². The van der Waals surface area contributed by atoms with E-state index in [9.17, 15) is 39.5 Å². The van der Waals surface area contributed by atoms with Crippen molar-refractivity contribution in [2.24, 2.45) is 10.3 Å². The molecule has 0 saturated heterocycles. The summed E-state index contributed by atoms with van der Waals surface area (Å²) in [6.07, 6.45) is 16.8. The van der Waals surface area contributed by atoms with Crippen LogP contribution >= 0.6 is 0 Å². The van der Waals surface area contributed by atoms with Crippen LogP contribution in [0.4, 0.5) is 33.2 Å². The number of rotatable bonds is 18. The summed E-state index contributed by atoms with van der Waals surface area (Å²) in [5, 5.41) is 31.9. The number of hydrogen-bond acceptors (Lipinski definition) is 17. The Kier molecular flexibility index (Phi) is 18.4. The molecule has 454 valence electrons. The van der Waals surface area contributed by atoms with Gasteiger partial charge in [0.1, 0.15) is 5.82 Å². The third kappa shape index (κ3) is 15.6. The lowest BCUT2D eigenvalue weighted by Crippen LogP contribution is -2.12. The number of aliphatic hydroxyl groups is 1. The fourth-order valence-electron chi connectivity index (χ4n) is 9.22. The van der Waals surface area contributed by atoms with Gasteiger partial charge in [-0.3, -0.25) is 22.7 Å². The molecule has 0 spiro atoms. The number of amides is 1. The molecule has 0 atom stereocenters. The summed E-state index contributed by atoms with van der Waals surface area (Å²) in [5.74, 6) is 1.40. The molecule has 12 rings (SSSR count). The van der Waals surface area contributed by atoms with Gasteiger partial charge in [0.05, 0.1) is 58.3 Å². The van der Waals surface area contributed by atoms with Gasteiger partial charge in [-0.05, 0) is 82.9 Å². The Bertz CT molecular complexity index is 4860. The number of sulfonamides is 3. The molecule has 1 amide bonds. The van der Waals surface area contributed by atoms with E-state index >= 15 is 0 Å². The first-order chi connectivity index (χ1) is 42.6. The molecule has 28 heteroatoms. The van der Waals surface area contributed by atoms with E-state index in [0.717, 1.165) is 67.9 Å². The molecule has 6 aromatic carbocycles. The maximum Gasteiger partial charge on any atom is 0.238 e. The van der Waals surface area contributed by atoms with E-state index in [1.54, 1.807) is 98.0 Å². The van der Waals surface area contributed by atoms with Gasteiger partial charge >= 0.3 is 0 Å². The van der Waals surface area contributed by atoms with Crippen LogP contribution in [-0.2, 0) is 61.1 Å². The van der Waals surface area contributed by atoms with Gasteiger partial charge in [-0.1, -0.05) is 84.9 Å². The van der Waals surface area contributed by atoms with Gasteiger partial charge in [-0.25, -0.2) is 69.8 Å². The van der Waals surface area contributed by atoms with Crippen LogP contribution in [0.1, 0.15) is 29.2 Å². The molecular formula is C61H57FN16O8S3. The minimum absolute atomic E-state index is 0.0226. The number of nitrogens with two attached hydrogens (primary N) is 2. The molecule has 12 aromatic rings. The zero-order valence-electron chi connectivity index (χ0n) is 47.5.